The molecule has 2 unspecified atom stereocenters. The summed E-state index contributed by atoms with van der Waals surface area (Å²) in [5, 5.41) is 9.42. The third-order valence-corrected chi connectivity index (χ3v) is 6.63. The van der Waals surface area contributed by atoms with Gasteiger partial charge in [0, 0.05) is 17.2 Å². The maximum atomic E-state index is 14.7. The molecule has 2 aliphatic carbocycles. The molecule has 2 atom stereocenters. The first-order valence-corrected chi connectivity index (χ1v) is 10.8. The number of ether oxygens (including phenoxy) is 1. The van der Waals surface area contributed by atoms with Crippen LogP contribution in [0.15, 0.2) is 42.5 Å². The van der Waals surface area contributed by atoms with E-state index in [2.05, 4.69) is 6.07 Å². The Bertz CT molecular complexity index is 1250. The standard InChI is InChI=1S/C26H21F5O2/c1-2-13-6-19-15(5-14-7-20(14)19)9-25(13)33-12-16-8-21(18-4-3-17(32)10-24(18)28)22(11-23(16)27)26(29,30)31/h3-4,6,8-11,14,20,32H,2,5,7,12H2,1H3. The Morgan fingerprint density at radius 3 is 2.45 bits per heavy atom. The zero-order valence-corrected chi connectivity index (χ0v) is 17.8. The molecule has 5 rings (SSSR count). The second-order valence-electron chi connectivity index (χ2n) is 8.76. The van der Waals surface area contributed by atoms with Gasteiger partial charge in [0.25, 0.3) is 0 Å². The number of halogens is 5. The summed E-state index contributed by atoms with van der Waals surface area (Å²) in [5.74, 6) is -0.634. The van der Waals surface area contributed by atoms with E-state index in [1.165, 1.54) is 17.5 Å². The van der Waals surface area contributed by atoms with Gasteiger partial charge in [0.2, 0.25) is 0 Å². The Hall–Kier alpha value is -3.09. The SMILES string of the molecule is CCc1cc2c(cc1OCc1cc(-c3ccc(O)cc3F)c(C(F)(F)F)cc1F)CC1CC21. The summed E-state index contributed by atoms with van der Waals surface area (Å²) in [6.07, 6.45) is -1.99. The molecule has 0 heterocycles. The van der Waals surface area contributed by atoms with Gasteiger partial charge < -0.3 is 9.84 Å². The van der Waals surface area contributed by atoms with Crippen LogP contribution >= 0.6 is 0 Å². The van der Waals surface area contributed by atoms with E-state index in [0.29, 0.717) is 30.1 Å². The average Bonchev–Trinajstić information content (AvgIpc) is 3.43. The predicted molar refractivity (Wildman–Crippen MR) is 113 cm³/mol. The number of phenolic OH excluding ortho intramolecular Hbond substituents is 1. The fourth-order valence-corrected chi connectivity index (χ4v) is 4.82. The van der Waals surface area contributed by atoms with Crippen molar-refractivity contribution in [2.75, 3.05) is 0 Å². The number of aromatic hydroxyl groups is 1. The van der Waals surface area contributed by atoms with Gasteiger partial charge in [-0.3, -0.25) is 0 Å². The summed E-state index contributed by atoms with van der Waals surface area (Å²) in [6.45, 7) is 1.69. The van der Waals surface area contributed by atoms with Crippen LogP contribution in [0.3, 0.4) is 0 Å². The molecule has 2 nitrogen and oxygen atoms in total. The molecule has 0 amide bonds. The highest BCUT2D eigenvalue weighted by Gasteiger charge is 2.45. The van der Waals surface area contributed by atoms with E-state index in [4.69, 9.17) is 4.74 Å². The highest BCUT2D eigenvalue weighted by atomic mass is 19.4. The second-order valence-corrected chi connectivity index (χ2v) is 8.76. The maximum Gasteiger partial charge on any atom is 0.417 e. The van der Waals surface area contributed by atoms with E-state index in [0.717, 1.165) is 36.2 Å². The minimum absolute atomic E-state index is 0.115. The minimum Gasteiger partial charge on any atom is -0.508 e. The first kappa shape index (κ1) is 21.7. The smallest absolute Gasteiger partial charge is 0.417 e. The lowest BCUT2D eigenvalue weighted by molar-refractivity contribution is -0.137. The van der Waals surface area contributed by atoms with Crippen LogP contribution < -0.4 is 4.74 Å². The number of hydrogen-bond donors (Lipinski definition) is 1. The number of hydrogen-bond acceptors (Lipinski definition) is 2. The third-order valence-electron chi connectivity index (χ3n) is 6.63. The Morgan fingerprint density at radius 1 is 0.970 bits per heavy atom. The summed E-state index contributed by atoms with van der Waals surface area (Å²) in [6, 6.07) is 8.28. The van der Waals surface area contributed by atoms with Gasteiger partial charge in [-0.2, -0.15) is 13.2 Å². The van der Waals surface area contributed by atoms with Gasteiger partial charge in [-0.25, -0.2) is 8.78 Å². The summed E-state index contributed by atoms with van der Waals surface area (Å²) in [7, 11) is 0. The first-order valence-electron chi connectivity index (χ1n) is 10.8. The molecule has 1 saturated carbocycles. The fraction of sp³-hybridized carbons (Fsp3) is 0.308. The monoisotopic (exact) mass is 460 g/mol. The summed E-state index contributed by atoms with van der Waals surface area (Å²) in [4.78, 5) is 0. The van der Waals surface area contributed by atoms with Gasteiger partial charge in [0.05, 0.1) is 5.56 Å². The van der Waals surface area contributed by atoms with Gasteiger partial charge in [0.1, 0.15) is 29.7 Å². The van der Waals surface area contributed by atoms with Crippen molar-refractivity contribution in [3.05, 3.63) is 81.9 Å². The topological polar surface area (TPSA) is 29.5 Å². The second kappa shape index (κ2) is 7.75. The van der Waals surface area contributed by atoms with Crippen molar-refractivity contribution in [1.29, 1.82) is 0 Å². The van der Waals surface area contributed by atoms with Crippen LogP contribution in [-0.2, 0) is 25.6 Å². The summed E-state index contributed by atoms with van der Waals surface area (Å²) < 4.78 is 75.8. The van der Waals surface area contributed by atoms with Crippen molar-refractivity contribution in [1.82, 2.24) is 0 Å². The molecule has 0 radical (unpaired) electrons. The minimum atomic E-state index is -4.89. The normalized spacial score (nSPS) is 18.7. The molecule has 3 aromatic rings. The molecule has 33 heavy (non-hydrogen) atoms. The number of alkyl halides is 3. The molecule has 1 N–H and O–H groups in total. The summed E-state index contributed by atoms with van der Waals surface area (Å²) >= 11 is 0. The van der Waals surface area contributed by atoms with Crippen LogP contribution in [0.4, 0.5) is 22.0 Å². The molecule has 2 aliphatic rings. The number of fused-ring (bicyclic) bond motifs is 3. The Morgan fingerprint density at radius 2 is 1.76 bits per heavy atom. The maximum absolute atomic E-state index is 14.7. The first-order chi connectivity index (χ1) is 15.7. The molecule has 0 bridgehead atoms. The molecular formula is C26H21F5O2. The number of rotatable bonds is 5. The molecule has 3 aromatic carbocycles. The highest BCUT2D eigenvalue weighted by molar-refractivity contribution is 5.70. The fourth-order valence-electron chi connectivity index (χ4n) is 4.82. The zero-order chi connectivity index (χ0) is 23.5. The molecule has 0 spiro atoms. The van der Waals surface area contributed by atoms with Crippen molar-refractivity contribution in [2.24, 2.45) is 5.92 Å². The van der Waals surface area contributed by atoms with E-state index in [-0.39, 0.29) is 17.7 Å². The van der Waals surface area contributed by atoms with Crippen LogP contribution in [-0.4, -0.2) is 5.11 Å². The molecule has 0 aromatic heterocycles. The Balaban J connectivity index is 1.50. The van der Waals surface area contributed by atoms with E-state index < -0.39 is 34.7 Å². The summed E-state index contributed by atoms with van der Waals surface area (Å²) in [5.41, 5.74) is 1.23. The van der Waals surface area contributed by atoms with Crippen molar-refractivity contribution >= 4 is 0 Å². The molecule has 7 heteroatoms. The van der Waals surface area contributed by atoms with Gasteiger partial charge in [0.15, 0.2) is 0 Å². The van der Waals surface area contributed by atoms with Crippen molar-refractivity contribution in [3.8, 4) is 22.6 Å². The lowest BCUT2D eigenvalue weighted by Crippen LogP contribution is -2.11. The number of phenols is 1. The van der Waals surface area contributed by atoms with Gasteiger partial charge in [-0.1, -0.05) is 13.0 Å². The lowest BCUT2D eigenvalue weighted by Gasteiger charge is -2.18. The van der Waals surface area contributed by atoms with Crippen LogP contribution in [0.5, 0.6) is 11.5 Å². The van der Waals surface area contributed by atoms with E-state index in [9.17, 15) is 27.1 Å². The van der Waals surface area contributed by atoms with E-state index >= 15 is 0 Å². The van der Waals surface area contributed by atoms with Crippen molar-refractivity contribution in [3.63, 3.8) is 0 Å². The molecule has 172 valence electrons. The highest BCUT2D eigenvalue weighted by Crippen LogP contribution is 2.57. The van der Waals surface area contributed by atoms with Crippen LogP contribution in [0.1, 0.15) is 47.1 Å². The van der Waals surface area contributed by atoms with E-state index in [1.54, 1.807) is 0 Å². The molecule has 0 saturated heterocycles. The zero-order valence-electron chi connectivity index (χ0n) is 17.8. The van der Waals surface area contributed by atoms with Crippen molar-refractivity contribution < 1.29 is 31.8 Å². The van der Waals surface area contributed by atoms with Crippen LogP contribution in [0, 0.1) is 17.6 Å². The largest absolute Gasteiger partial charge is 0.508 e. The average molecular weight is 460 g/mol. The number of aryl methyl sites for hydroxylation is 1. The van der Waals surface area contributed by atoms with Gasteiger partial charge >= 0.3 is 6.18 Å². The van der Waals surface area contributed by atoms with Crippen LogP contribution in [0.2, 0.25) is 0 Å². The molecule has 0 aliphatic heterocycles. The Labute approximate surface area is 187 Å². The molecule has 1 fully saturated rings. The molecular weight excluding hydrogens is 439 g/mol. The van der Waals surface area contributed by atoms with Crippen molar-refractivity contribution in [2.45, 2.75) is 44.9 Å². The van der Waals surface area contributed by atoms with E-state index in [1.807, 2.05) is 13.0 Å². The third kappa shape index (κ3) is 3.94. The van der Waals surface area contributed by atoms with Gasteiger partial charge in [-0.15, -0.1) is 0 Å². The Kier molecular flexibility index (Phi) is 5.10. The lowest BCUT2D eigenvalue weighted by atomic mass is 9.96. The predicted octanol–water partition coefficient (Wildman–Crippen LogP) is 7.16. The number of benzene rings is 3. The van der Waals surface area contributed by atoms with Crippen LogP contribution in [0.25, 0.3) is 11.1 Å². The van der Waals surface area contributed by atoms with Gasteiger partial charge in [-0.05, 0) is 83.7 Å². The quantitative estimate of drug-likeness (QED) is 0.410.